The van der Waals surface area contributed by atoms with Crippen molar-refractivity contribution in [1.29, 1.82) is 0 Å². The number of carbonyl (C=O) groups is 1. The van der Waals surface area contributed by atoms with Crippen LogP contribution in [0, 0.1) is 17.3 Å². The summed E-state index contributed by atoms with van der Waals surface area (Å²) in [5.41, 5.74) is -0.279. The lowest BCUT2D eigenvalue weighted by molar-refractivity contribution is -0.133. The average Bonchev–Trinajstić information content (AvgIpc) is 2.10. The molecule has 0 aromatic carbocycles. The number of hydrogen-bond acceptors (Lipinski definition) is 2. The van der Waals surface area contributed by atoms with Crippen LogP contribution in [0.15, 0.2) is 0 Å². The van der Waals surface area contributed by atoms with Gasteiger partial charge in [0, 0.05) is 7.11 Å². The standard InChI is InChI=1S/C13H26O2/c1-10(2)7-8-13(9-15-6,11(3)4)12(5)14/h10-11H,7-9H2,1-6H3. The van der Waals surface area contributed by atoms with Crippen molar-refractivity contribution in [3.05, 3.63) is 0 Å². The molecular formula is C13H26O2. The second-order valence-corrected chi connectivity index (χ2v) is 5.23. The van der Waals surface area contributed by atoms with Gasteiger partial charge in [-0.2, -0.15) is 0 Å². The summed E-state index contributed by atoms with van der Waals surface area (Å²) >= 11 is 0. The van der Waals surface area contributed by atoms with E-state index in [1.54, 1.807) is 14.0 Å². The molecule has 0 radical (unpaired) electrons. The molecule has 0 aliphatic rings. The van der Waals surface area contributed by atoms with Crippen LogP contribution in [0.3, 0.4) is 0 Å². The van der Waals surface area contributed by atoms with E-state index in [1.807, 2.05) is 0 Å². The van der Waals surface area contributed by atoms with E-state index in [4.69, 9.17) is 4.74 Å². The van der Waals surface area contributed by atoms with Gasteiger partial charge in [-0.3, -0.25) is 4.79 Å². The summed E-state index contributed by atoms with van der Waals surface area (Å²) < 4.78 is 5.24. The maximum absolute atomic E-state index is 11.8. The number of carbonyl (C=O) groups excluding carboxylic acids is 1. The lowest BCUT2D eigenvalue weighted by Gasteiger charge is -2.35. The van der Waals surface area contributed by atoms with Crippen LogP contribution in [0.2, 0.25) is 0 Å². The van der Waals surface area contributed by atoms with E-state index in [0.717, 1.165) is 12.8 Å². The first kappa shape index (κ1) is 14.6. The third kappa shape index (κ3) is 3.94. The van der Waals surface area contributed by atoms with Gasteiger partial charge >= 0.3 is 0 Å². The zero-order valence-corrected chi connectivity index (χ0v) is 11.1. The third-order valence-electron chi connectivity index (χ3n) is 3.38. The fraction of sp³-hybridized carbons (Fsp3) is 0.923. The van der Waals surface area contributed by atoms with E-state index in [-0.39, 0.29) is 11.2 Å². The molecule has 0 heterocycles. The highest BCUT2D eigenvalue weighted by Gasteiger charge is 2.38. The average molecular weight is 214 g/mol. The van der Waals surface area contributed by atoms with Gasteiger partial charge < -0.3 is 4.74 Å². The molecule has 0 saturated carbocycles. The summed E-state index contributed by atoms with van der Waals surface area (Å²) in [4.78, 5) is 11.8. The van der Waals surface area contributed by atoms with Crippen molar-refractivity contribution >= 4 is 5.78 Å². The predicted octanol–water partition coefficient (Wildman–Crippen LogP) is 3.30. The predicted molar refractivity (Wildman–Crippen MR) is 63.9 cm³/mol. The van der Waals surface area contributed by atoms with Crippen molar-refractivity contribution in [2.45, 2.75) is 47.5 Å². The van der Waals surface area contributed by atoms with Crippen molar-refractivity contribution in [2.24, 2.45) is 17.3 Å². The number of hydrogen-bond donors (Lipinski definition) is 0. The molecule has 0 N–H and O–H groups in total. The molecule has 0 spiro atoms. The molecule has 0 aliphatic heterocycles. The number of rotatable bonds is 7. The monoisotopic (exact) mass is 214 g/mol. The second kappa shape index (κ2) is 6.26. The van der Waals surface area contributed by atoms with E-state index >= 15 is 0 Å². The summed E-state index contributed by atoms with van der Waals surface area (Å²) in [7, 11) is 1.68. The van der Waals surface area contributed by atoms with Gasteiger partial charge in [-0.25, -0.2) is 0 Å². The Kier molecular flexibility index (Phi) is 6.11. The van der Waals surface area contributed by atoms with Crippen molar-refractivity contribution in [3.63, 3.8) is 0 Å². The minimum atomic E-state index is -0.279. The second-order valence-electron chi connectivity index (χ2n) is 5.23. The summed E-state index contributed by atoms with van der Waals surface area (Å²) in [6.07, 6.45) is 2.02. The highest BCUT2D eigenvalue weighted by molar-refractivity contribution is 5.82. The zero-order chi connectivity index (χ0) is 12.1. The number of methoxy groups -OCH3 is 1. The van der Waals surface area contributed by atoms with Crippen LogP contribution in [-0.4, -0.2) is 19.5 Å². The summed E-state index contributed by atoms with van der Waals surface area (Å²) in [5.74, 6) is 1.24. The van der Waals surface area contributed by atoms with Crippen molar-refractivity contribution in [1.82, 2.24) is 0 Å². The van der Waals surface area contributed by atoms with Crippen LogP contribution >= 0.6 is 0 Å². The van der Waals surface area contributed by atoms with Crippen LogP contribution in [0.5, 0.6) is 0 Å². The van der Waals surface area contributed by atoms with E-state index in [0.29, 0.717) is 18.4 Å². The van der Waals surface area contributed by atoms with E-state index in [1.165, 1.54) is 0 Å². The summed E-state index contributed by atoms with van der Waals surface area (Å²) in [5, 5.41) is 0. The Hall–Kier alpha value is -0.370. The summed E-state index contributed by atoms with van der Waals surface area (Å²) in [6.45, 7) is 10.9. The van der Waals surface area contributed by atoms with Crippen LogP contribution in [-0.2, 0) is 9.53 Å². The quantitative estimate of drug-likeness (QED) is 0.650. The Morgan fingerprint density at radius 1 is 1.27 bits per heavy atom. The van der Waals surface area contributed by atoms with Gasteiger partial charge in [0.1, 0.15) is 5.78 Å². The fourth-order valence-electron chi connectivity index (χ4n) is 2.02. The molecule has 2 heteroatoms. The van der Waals surface area contributed by atoms with Gasteiger partial charge in [-0.1, -0.05) is 27.7 Å². The highest BCUT2D eigenvalue weighted by Crippen LogP contribution is 2.35. The smallest absolute Gasteiger partial charge is 0.138 e. The maximum atomic E-state index is 11.8. The molecule has 0 bridgehead atoms. The highest BCUT2D eigenvalue weighted by atomic mass is 16.5. The first-order valence-electron chi connectivity index (χ1n) is 5.86. The summed E-state index contributed by atoms with van der Waals surface area (Å²) in [6, 6.07) is 0. The zero-order valence-electron chi connectivity index (χ0n) is 11.1. The molecule has 0 saturated heterocycles. The molecule has 0 aromatic heterocycles. The van der Waals surface area contributed by atoms with Crippen LogP contribution in [0.1, 0.15) is 47.5 Å². The molecular weight excluding hydrogens is 188 g/mol. The lowest BCUT2D eigenvalue weighted by Crippen LogP contribution is -2.39. The molecule has 1 atom stereocenters. The van der Waals surface area contributed by atoms with Gasteiger partial charge in [-0.05, 0) is 31.6 Å². The Morgan fingerprint density at radius 3 is 2.07 bits per heavy atom. The molecule has 0 rings (SSSR count). The minimum Gasteiger partial charge on any atom is -0.384 e. The van der Waals surface area contributed by atoms with E-state index < -0.39 is 0 Å². The SMILES string of the molecule is COCC(CCC(C)C)(C(C)=O)C(C)C. The van der Waals surface area contributed by atoms with Crippen LogP contribution < -0.4 is 0 Å². The minimum absolute atomic E-state index is 0.264. The first-order valence-corrected chi connectivity index (χ1v) is 5.86. The van der Waals surface area contributed by atoms with Crippen molar-refractivity contribution < 1.29 is 9.53 Å². The number of ketones is 1. The fourth-order valence-corrected chi connectivity index (χ4v) is 2.02. The number of Topliss-reactive ketones (excluding diaryl/α,β-unsaturated/α-hetero) is 1. The van der Waals surface area contributed by atoms with Crippen LogP contribution in [0.25, 0.3) is 0 Å². The molecule has 15 heavy (non-hydrogen) atoms. The van der Waals surface area contributed by atoms with Crippen LogP contribution in [0.4, 0.5) is 0 Å². The van der Waals surface area contributed by atoms with Gasteiger partial charge in [0.2, 0.25) is 0 Å². The van der Waals surface area contributed by atoms with Crippen molar-refractivity contribution in [2.75, 3.05) is 13.7 Å². The maximum Gasteiger partial charge on any atom is 0.138 e. The van der Waals surface area contributed by atoms with E-state index in [2.05, 4.69) is 27.7 Å². The Balaban J connectivity index is 4.71. The lowest BCUT2D eigenvalue weighted by atomic mass is 9.70. The Labute approximate surface area is 94.4 Å². The molecule has 0 aliphatic carbocycles. The number of ether oxygens (including phenoxy) is 1. The third-order valence-corrected chi connectivity index (χ3v) is 3.38. The molecule has 2 nitrogen and oxygen atoms in total. The van der Waals surface area contributed by atoms with Gasteiger partial charge in [0.25, 0.3) is 0 Å². The van der Waals surface area contributed by atoms with Gasteiger partial charge in [-0.15, -0.1) is 0 Å². The first-order chi connectivity index (χ1) is 6.86. The normalized spacial score (nSPS) is 15.7. The van der Waals surface area contributed by atoms with E-state index in [9.17, 15) is 4.79 Å². The molecule has 0 fully saturated rings. The Bertz CT molecular complexity index is 197. The largest absolute Gasteiger partial charge is 0.384 e. The molecule has 1 unspecified atom stereocenters. The molecule has 90 valence electrons. The topological polar surface area (TPSA) is 26.3 Å². The van der Waals surface area contributed by atoms with Crippen molar-refractivity contribution in [3.8, 4) is 0 Å². The van der Waals surface area contributed by atoms with Gasteiger partial charge in [0.05, 0.1) is 12.0 Å². The van der Waals surface area contributed by atoms with Gasteiger partial charge in [0.15, 0.2) is 0 Å². The Morgan fingerprint density at radius 2 is 1.80 bits per heavy atom. The molecule has 0 aromatic rings. The molecule has 0 amide bonds.